The first-order valence-electron chi connectivity index (χ1n) is 6.96. The summed E-state index contributed by atoms with van der Waals surface area (Å²) in [5, 5.41) is 3.26. The molecule has 4 nitrogen and oxygen atoms in total. The van der Waals surface area contributed by atoms with Crippen LogP contribution in [0.25, 0.3) is 0 Å². The number of unbranched alkanes of at least 4 members (excludes halogenated alkanes) is 1. The van der Waals surface area contributed by atoms with Crippen LogP contribution in [0.4, 0.5) is 0 Å². The highest BCUT2D eigenvalue weighted by Crippen LogP contribution is 2.21. The van der Waals surface area contributed by atoms with Crippen molar-refractivity contribution in [1.82, 2.24) is 10.0 Å². The molecule has 0 aliphatic carbocycles. The van der Waals surface area contributed by atoms with E-state index in [1.165, 1.54) is 11.3 Å². The van der Waals surface area contributed by atoms with Gasteiger partial charge in [0.2, 0.25) is 10.0 Å². The number of rotatable bonds is 11. The summed E-state index contributed by atoms with van der Waals surface area (Å²) in [4.78, 5) is 1.10. The van der Waals surface area contributed by atoms with Gasteiger partial charge in [0.25, 0.3) is 0 Å². The Labute approximate surface area is 131 Å². The third kappa shape index (κ3) is 8.21. The Morgan fingerprint density at radius 1 is 1.20 bits per heavy atom. The van der Waals surface area contributed by atoms with Gasteiger partial charge < -0.3 is 5.32 Å². The molecular formula is C13H23ClN2O2S2. The third-order valence-corrected chi connectivity index (χ3v) is 5.53. The zero-order valence-electron chi connectivity index (χ0n) is 11.8. The number of hydrogen-bond acceptors (Lipinski definition) is 4. The van der Waals surface area contributed by atoms with Gasteiger partial charge in [-0.25, -0.2) is 13.1 Å². The van der Waals surface area contributed by atoms with Gasteiger partial charge in [-0.1, -0.05) is 18.5 Å². The molecule has 0 saturated carbocycles. The first kappa shape index (κ1) is 17.9. The molecule has 0 aliphatic heterocycles. The molecule has 0 spiro atoms. The molecule has 1 aromatic rings. The fourth-order valence-corrected chi connectivity index (χ4v) is 3.96. The topological polar surface area (TPSA) is 58.2 Å². The zero-order chi connectivity index (χ0) is 14.8. The smallest absolute Gasteiger partial charge is 0.211 e. The summed E-state index contributed by atoms with van der Waals surface area (Å²) < 4.78 is 26.9. The normalized spacial score (nSPS) is 11.9. The Kier molecular flexibility index (Phi) is 8.72. The van der Waals surface area contributed by atoms with E-state index in [0.717, 1.165) is 35.1 Å². The van der Waals surface area contributed by atoms with Crippen molar-refractivity contribution in [1.29, 1.82) is 0 Å². The minimum atomic E-state index is -3.14. The van der Waals surface area contributed by atoms with Crippen molar-refractivity contribution in [2.24, 2.45) is 0 Å². The molecule has 20 heavy (non-hydrogen) atoms. The predicted molar refractivity (Wildman–Crippen MR) is 87.2 cm³/mol. The Bertz CT molecular complexity index is 474. The Morgan fingerprint density at radius 3 is 2.65 bits per heavy atom. The predicted octanol–water partition coefficient (Wildman–Crippen LogP) is 2.64. The zero-order valence-corrected chi connectivity index (χ0v) is 14.2. The Hall–Kier alpha value is -0.140. The lowest BCUT2D eigenvalue weighted by Gasteiger charge is -2.06. The van der Waals surface area contributed by atoms with Gasteiger partial charge in [0.05, 0.1) is 10.1 Å². The minimum Gasteiger partial charge on any atom is -0.317 e. The van der Waals surface area contributed by atoms with Crippen LogP contribution in [0, 0.1) is 0 Å². The van der Waals surface area contributed by atoms with Gasteiger partial charge in [-0.2, -0.15) is 0 Å². The van der Waals surface area contributed by atoms with Crippen LogP contribution in [0.3, 0.4) is 0 Å². The lowest BCUT2D eigenvalue weighted by molar-refractivity contribution is 0.573. The van der Waals surface area contributed by atoms with Gasteiger partial charge in [-0.15, -0.1) is 11.3 Å². The van der Waals surface area contributed by atoms with Gasteiger partial charge in [0.1, 0.15) is 0 Å². The molecule has 0 amide bonds. The third-order valence-electron chi connectivity index (χ3n) is 2.77. The van der Waals surface area contributed by atoms with Gasteiger partial charge in [0, 0.05) is 11.4 Å². The molecular weight excluding hydrogens is 316 g/mol. The first-order chi connectivity index (χ1) is 9.53. The van der Waals surface area contributed by atoms with E-state index < -0.39 is 10.0 Å². The van der Waals surface area contributed by atoms with Gasteiger partial charge in [-0.05, 0) is 50.9 Å². The summed E-state index contributed by atoms with van der Waals surface area (Å²) in [5.41, 5.74) is 0. The Balaban J connectivity index is 2.11. The van der Waals surface area contributed by atoms with Gasteiger partial charge >= 0.3 is 0 Å². The van der Waals surface area contributed by atoms with E-state index >= 15 is 0 Å². The SMILES string of the molecule is CCCNCCCCS(=O)(=O)NCCc1ccc(Cl)s1. The van der Waals surface area contributed by atoms with E-state index in [4.69, 9.17) is 11.6 Å². The fourth-order valence-electron chi connectivity index (χ4n) is 1.73. The van der Waals surface area contributed by atoms with Crippen LogP contribution in [0.5, 0.6) is 0 Å². The second kappa shape index (κ2) is 9.73. The lowest BCUT2D eigenvalue weighted by Crippen LogP contribution is -2.28. The lowest BCUT2D eigenvalue weighted by atomic mass is 10.3. The van der Waals surface area contributed by atoms with E-state index in [-0.39, 0.29) is 5.75 Å². The van der Waals surface area contributed by atoms with E-state index in [1.807, 2.05) is 12.1 Å². The quantitative estimate of drug-likeness (QED) is 0.610. The Morgan fingerprint density at radius 2 is 2.00 bits per heavy atom. The standard InChI is InChI=1S/C13H23ClN2O2S2/c1-2-8-15-9-3-4-11-20(17,18)16-10-7-12-5-6-13(14)19-12/h5-6,15-16H,2-4,7-11H2,1H3. The van der Waals surface area contributed by atoms with Gasteiger partial charge in [0.15, 0.2) is 0 Å². The molecule has 0 fully saturated rings. The van der Waals surface area contributed by atoms with Crippen LogP contribution in [-0.4, -0.2) is 33.8 Å². The molecule has 0 aromatic carbocycles. The summed E-state index contributed by atoms with van der Waals surface area (Å²) in [5.74, 6) is 0.200. The molecule has 0 radical (unpaired) electrons. The van der Waals surface area contributed by atoms with Crippen LogP contribution in [0.1, 0.15) is 31.1 Å². The number of thiophene rings is 1. The van der Waals surface area contributed by atoms with E-state index in [2.05, 4.69) is 17.0 Å². The molecule has 0 aliphatic rings. The maximum absolute atomic E-state index is 11.8. The molecule has 7 heteroatoms. The molecule has 0 saturated heterocycles. The minimum absolute atomic E-state index is 0.200. The van der Waals surface area contributed by atoms with Crippen LogP contribution in [0.15, 0.2) is 12.1 Å². The van der Waals surface area contributed by atoms with Crippen molar-refractivity contribution in [3.63, 3.8) is 0 Å². The summed E-state index contributed by atoms with van der Waals surface area (Å²) in [6.45, 7) is 4.43. The summed E-state index contributed by atoms with van der Waals surface area (Å²) in [7, 11) is -3.14. The molecule has 0 atom stereocenters. The average molecular weight is 339 g/mol. The molecule has 1 aromatic heterocycles. The molecule has 1 heterocycles. The summed E-state index contributed by atoms with van der Waals surface area (Å²) >= 11 is 7.31. The monoisotopic (exact) mass is 338 g/mol. The van der Waals surface area contributed by atoms with Crippen molar-refractivity contribution >= 4 is 33.0 Å². The number of hydrogen-bond donors (Lipinski definition) is 2. The molecule has 1 rings (SSSR count). The van der Waals surface area contributed by atoms with Crippen molar-refractivity contribution in [3.05, 3.63) is 21.3 Å². The second-order valence-electron chi connectivity index (χ2n) is 4.63. The van der Waals surface area contributed by atoms with Crippen LogP contribution < -0.4 is 10.0 Å². The average Bonchev–Trinajstić information content (AvgIpc) is 2.79. The van der Waals surface area contributed by atoms with Crippen LogP contribution >= 0.6 is 22.9 Å². The van der Waals surface area contributed by atoms with Crippen molar-refractivity contribution in [2.75, 3.05) is 25.4 Å². The van der Waals surface area contributed by atoms with Crippen LogP contribution in [-0.2, 0) is 16.4 Å². The molecule has 116 valence electrons. The first-order valence-corrected chi connectivity index (χ1v) is 9.80. The summed E-state index contributed by atoms with van der Waals surface area (Å²) in [6, 6.07) is 3.76. The highest BCUT2D eigenvalue weighted by atomic mass is 35.5. The largest absolute Gasteiger partial charge is 0.317 e. The molecule has 2 N–H and O–H groups in total. The van der Waals surface area contributed by atoms with Crippen molar-refractivity contribution in [2.45, 2.75) is 32.6 Å². The van der Waals surface area contributed by atoms with Crippen molar-refractivity contribution < 1.29 is 8.42 Å². The van der Waals surface area contributed by atoms with E-state index in [9.17, 15) is 8.42 Å². The van der Waals surface area contributed by atoms with Gasteiger partial charge in [-0.3, -0.25) is 0 Å². The van der Waals surface area contributed by atoms with E-state index in [1.54, 1.807) is 0 Å². The van der Waals surface area contributed by atoms with Crippen LogP contribution in [0.2, 0.25) is 4.34 Å². The molecule has 0 unspecified atom stereocenters. The maximum atomic E-state index is 11.8. The van der Waals surface area contributed by atoms with E-state index in [0.29, 0.717) is 19.4 Å². The summed E-state index contributed by atoms with van der Waals surface area (Å²) in [6.07, 6.45) is 3.37. The highest BCUT2D eigenvalue weighted by molar-refractivity contribution is 7.89. The highest BCUT2D eigenvalue weighted by Gasteiger charge is 2.09. The number of nitrogens with one attached hydrogen (secondary N) is 2. The van der Waals surface area contributed by atoms with Crippen molar-refractivity contribution in [3.8, 4) is 0 Å². The fraction of sp³-hybridized carbons (Fsp3) is 0.692. The number of sulfonamides is 1. The number of halogens is 1. The second-order valence-corrected chi connectivity index (χ2v) is 8.35. The maximum Gasteiger partial charge on any atom is 0.211 e. The molecule has 0 bridgehead atoms.